The van der Waals surface area contributed by atoms with Crippen molar-refractivity contribution in [3.05, 3.63) is 90.0 Å². The molecule has 0 saturated carbocycles. The van der Waals surface area contributed by atoms with Crippen LogP contribution in [0, 0.1) is 0 Å². The Morgan fingerprint density at radius 1 is 1.00 bits per heavy atom. The van der Waals surface area contributed by atoms with Gasteiger partial charge in [-0.3, -0.25) is 9.59 Å². The maximum atomic E-state index is 13.9. The Balaban J connectivity index is 1.73. The molecule has 4 rings (SSSR count). The first-order valence-electron chi connectivity index (χ1n) is 11.6. The number of nitrogens with one attached hydrogen (secondary N) is 1. The van der Waals surface area contributed by atoms with Gasteiger partial charge in [0.1, 0.15) is 23.9 Å². The zero-order valence-electron chi connectivity index (χ0n) is 20.3. The number of carbonyl (C=O) groups is 2. The third kappa shape index (κ3) is 5.87. The lowest BCUT2D eigenvalue weighted by atomic mass is 10.0. The second-order valence-corrected chi connectivity index (χ2v) is 8.21. The van der Waals surface area contributed by atoms with E-state index in [1.807, 2.05) is 60.7 Å². The predicted octanol–water partition coefficient (Wildman–Crippen LogP) is 2.97. The molecule has 0 spiro atoms. The van der Waals surface area contributed by atoms with Crippen molar-refractivity contribution in [1.82, 2.24) is 25.2 Å². The zero-order chi connectivity index (χ0) is 25.3. The van der Waals surface area contributed by atoms with E-state index in [9.17, 15) is 9.59 Å². The minimum absolute atomic E-state index is 0.0703. The summed E-state index contributed by atoms with van der Waals surface area (Å²) >= 11 is 0. The van der Waals surface area contributed by atoms with Crippen molar-refractivity contribution >= 4 is 22.8 Å². The highest BCUT2D eigenvalue weighted by Gasteiger charge is 2.32. The quantitative estimate of drug-likeness (QED) is 0.327. The minimum Gasteiger partial charge on any atom is -0.497 e. The van der Waals surface area contributed by atoms with E-state index in [-0.39, 0.29) is 24.9 Å². The van der Waals surface area contributed by atoms with Crippen molar-refractivity contribution in [3.63, 3.8) is 0 Å². The first kappa shape index (κ1) is 24.9. The highest BCUT2D eigenvalue weighted by Crippen LogP contribution is 2.27. The van der Waals surface area contributed by atoms with Gasteiger partial charge in [0.2, 0.25) is 11.8 Å². The summed E-state index contributed by atoms with van der Waals surface area (Å²) in [6.07, 6.45) is 0. The summed E-state index contributed by atoms with van der Waals surface area (Å²) in [6.45, 7) is 0.829. The molecule has 9 nitrogen and oxygen atoms in total. The number of carbonyl (C=O) groups excluding carboxylic acids is 2. The highest BCUT2D eigenvalue weighted by atomic mass is 16.5. The Kier molecular flexibility index (Phi) is 8.25. The average molecular weight is 488 g/mol. The number of rotatable bonds is 11. The van der Waals surface area contributed by atoms with E-state index >= 15 is 0 Å². The monoisotopic (exact) mass is 487 g/mol. The minimum atomic E-state index is -0.903. The third-order valence-corrected chi connectivity index (χ3v) is 5.80. The van der Waals surface area contributed by atoms with Crippen molar-refractivity contribution in [2.45, 2.75) is 19.1 Å². The number of aromatic nitrogens is 3. The van der Waals surface area contributed by atoms with Gasteiger partial charge in [-0.2, -0.15) is 0 Å². The van der Waals surface area contributed by atoms with E-state index in [0.29, 0.717) is 30.0 Å². The number of hydrogen-bond donors (Lipinski definition) is 1. The molecule has 3 aromatic carbocycles. The van der Waals surface area contributed by atoms with Crippen molar-refractivity contribution in [2.24, 2.45) is 0 Å². The molecular weight excluding hydrogens is 458 g/mol. The van der Waals surface area contributed by atoms with Gasteiger partial charge < -0.3 is 19.7 Å². The molecule has 1 N–H and O–H groups in total. The van der Waals surface area contributed by atoms with E-state index in [1.165, 1.54) is 0 Å². The molecule has 1 heterocycles. The van der Waals surface area contributed by atoms with Gasteiger partial charge in [-0.15, -0.1) is 5.10 Å². The molecule has 1 aromatic heterocycles. The molecule has 36 heavy (non-hydrogen) atoms. The first-order chi connectivity index (χ1) is 17.6. The highest BCUT2D eigenvalue weighted by molar-refractivity contribution is 5.89. The molecule has 0 aliphatic rings. The number of methoxy groups -OCH3 is 2. The van der Waals surface area contributed by atoms with Crippen molar-refractivity contribution in [2.75, 3.05) is 27.4 Å². The number of fused-ring (bicyclic) bond motifs is 1. The van der Waals surface area contributed by atoms with Gasteiger partial charge in [0.15, 0.2) is 0 Å². The summed E-state index contributed by atoms with van der Waals surface area (Å²) in [5.41, 5.74) is 2.97. The summed E-state index contributed by atoms with van der Waals surface area (Å²) in [4.78, 5) is 29.0. The van der Waals surface area contributed by atoms with E-state index < -0.39 is 6.04 Å². The fourth-order valence-corrected chi connectivity index (χ4v) is 4.01. The SMILES string of the molecule is COCCNC(=O)C(c1cccc(OC)c1)N(Cc1ccccc1)C(=O)Cn1nnc2ccccc21. The van der Waals surface area contributed by atoms with Crippen LogP contribution < -0.4 is 10.1 Å². The van der Waals surface area contributed by atoms with Gasteiger partial charge in [-0.1, -0.05) is 59.8 Å². The van der Waals surface area contributed by atoms with Crippen LogP contribution in [0.3, 0.4) is 0 Å². The largest absolute Gasteiger partial charge is 0.497 e. The molecule has 0 radical (unpaired) electrons. The normalized spacial score (nSPS) is 11.7. The van der Waals surface area contributed by atoms with Gasteiger partial charge in [-0.05, 0) is 35.4 Å². The summed E-state index contributed by atoms with van der Waals surface area (Å²) in [7, 11) is 3.13. The number of para-hydroxylation sites is 1. The Labute approximate surface area is 209 Å². The standard InChI is InChI=1S/C27H29N5O4/c1-35-16-15-28-27(34)26(21-11-8-12-22(17-21)36-2)31(18-20-9-4-3-5-10-20)25(33)19-32-24-14-7-6-13-23(24)29-30-32/h3-14,17,26H,15-16,18-19H2,1-2H3,(H,28,34). The van der Waals surface area contributed by atoms with E-state index in [0.717, 1.165) is 11.1 Å². The molecule has 186 valence electrons. The predicted molar refractivity (Wildman–Crippen MR) is 135 cm³/mol. The van der Waals surface area contributed by atoms with Crippen LogP contribution in [0.5, 0.6) is 5.75 Å². The molecule has 4 aromatic rings. The van der Waals surface area contributed by atoms with Crippen LogP contribution in [0.25, 0.3) is 11.0 Å². The van der Waals surface area contributed by atoms with Gasteiger partial charge >= 0.3 is 0 Å². The molecule has 0 bridgehead atoms. The third-order valence-electron chi connectivity index (χ3n) is 5.80. The van der Waals surface area contributed by atoms with Crippen molar-refractivity contribution in [1.29, 1.82) is 0 Å². The van der Waals surface area contributed by atoms with Crippen molar-refractivity contribution < 1.29 is 19.1 Å². The van der Waals surface area contributed by atoms with E-state index in [1.54, 1.807) is 42.0 Å². The van der Waals surface area contributed by atoms with Crippen LogP contribution in [-0.2, 0) is 27.4 Å². The second kappa shape index (κ2) is 11.9. The Morgan fingerprint density at radius 2 is 1.78 bits per heavy atom. The molecule has 9 heteroatoms. The number of hydrogen-bond acceptors (Lipinski definition) is 6. The van der Waals surface area contributed by atoms with E-state index in [2.05, 4.69) is 15.6 Å². The smallest absolute Gasteiger partial charge is 0.247 e. The van der Waals surface area contributed by atoms with Gasteiger partial charge in [0, 0.05) is 20.2 Å². The first-order valence-corrected chi connectivity index (χ1v) is 11.6. The lowest BCUT2D eigenvalue weighted by Gasteiger charge is -2.32. The van der Waals surface area contributed by atoms with Crippen LogP contribution in [-0.4, -0.2) is 59.1 Å². The molecule has 2 amide bonds. The molecule has 1 unspecified atom stereocenters. The van der Waals surface area contributed by atoms with Crippen LogP contribution in [0.2, 0.25) is 0 Å². The Bertz CT molecular complexity index is 1310. The average Bonchev–Trinajstić information content (AvgIpc) is 3.32. The van der Waals surface area contributed by atoms with Gasteiger partial charge in [0.05, 0.1) is 19.2 Å². The summed E-state index contributed by atoms with van der Waals surface area (Å²) in [5, 5.41) is 11.2. The fraction of sp³-hybridized carbons (Fsp3) is 0.259. The molecular formula is C27H29N5O4. The summed E-state index contributed by atoms with van der Waals surface area (Å²) in [5.74, 6) is 0.00817. The maximum Gasteiger partial charge on any atom is 0.247 e. The second-order valence-electron chi connectivity index (χ2n) is 8.21. The van der Waals surface area contributed by atoms with Crippen LogP contribution in [0.4, 0.5) is 0 Å². The molecule has 0 saturated heterocycles. The summed E-state index contributed by atoms with van der Waals surface area (Å²) < 4.78 is 12.0. The van der Waals surface area contributed by atoms with Crippen molar-refractivity contribution in [3.8, 4) is 5.75 Å². The molecule has 0 aliphatic carbocycles. The van der Waals surface area contributed by atoms with E-state index in [4.69, 9.17) is 9.47 Å². The lowest BCUT2D eigenvalue weighted by Crippen LogP contribution is -2.45. The van der Waals surface area contributed by atoms with Gasteiger partial charge in [-0.25, -0.2) is 4.68 Å². The summed E-state index contributed by atoms with van der Waals surface area (Å²) in [6, 6.07) is 23.3. The number of benzene rings is 3. The molecule has 1 atom stereocenters. The zero-order valence-corrected chi connectivity index (χ0v) is 20.3. The van der Waals surface area contributed by atoms with Crippen LogP contribution >= 0.6 is 0 Å². The molecule has 0 aliphatic heterocycles. The Morgan fingerprint density at radius 3 is 2.56 bits per heavy atom. The number of ether oxygens (including phenoxy) is 2. The van der Waals surface area contributed by atoms with Crippen LogP contribution in [0.15, 0.2) is 78.9 Å². The maximum absolute atomic E-state index is 13.9. The number of amides is 2. The topological polar surface area (TPSA) is 98.6 Å². The lowest BCUT2D eigenvalue weighted by molar-refractivity contribution is -0.142. The Hall–Kier alpha value is -4.24. The van der Waals surface area contributed by atoms with Gasteiger partial charge in [0.25, 0.3) is 0 Å². The van der Waals surface area contributed by atoms with Crippen LogP contribution in [0.1, 0.15) is 17.2 Å². The fourth-order valence-electron chi connectivity index (χ4n) is 4.01. The molecule has 0 fully saturated rings. The number of nitrogens with zero attached hydrogens (tertiary/aromatic N) is 4.